The summed E-state index contributed by atoms with van der Waals surface area (Å²) in [6, 6.07) is 16.1. The molecule has 1 saturated heterocycles. The van der Waals surface area contributed by atoms with E-state index in [1.165, 1.54) is 26.2 Å². The van der Waals surface area contributed by atoms with Crippen molar-refractivity contribution in [2.75, 3.05) is 27.9 Å². The molecule has 198 valence electrons. The Kier molecular flexibility index (Phi) is 8.12. The second-order valence-corrected chi connectivity index (χ2v) is 8.87. The predicted molar refractivity (Wildman–Crippen MR) is 143 cm³/mol. The Morgan fingerprint density at radius 3 is 2.37 bits per heavy atom. The highest BCUT2D eigenvalue weighted by molar-refractivity contribution is 6.47. The molecular formula is C29H28ClNO7. The Labute approximate surface area is 225 Å². The highest BCUT2D eigenvalue weighted by atomic mass is 35.5. The van der Waals surface area contributed by atoms with Crippen LogP contribution in [0, 0.1) is 0 Å². The first-order valence-electron chi connectivity index (χ1n) is 11.9. The number of methoxy groups -OCH3 is 3. The number of nitrogens with zero attached hydrogens (tertiary/aromatic N) is 1. The molecule has 1 amide bonds. The van der Waals surface area contributed by atoms with Gasteiger partial charge in [0.25, 0.3) is 11.7 Å². The number of carbonyl (C=O) groups is 2. The summed E-state index contributed by atoms with van der Waals surface area (Å²) in [6.07, 6.45) is 0. The molecule has 0 radical (unpaired) electrons. The topological polar surface area (TPSA) is 94.5 Å². The summed E-state index contributed by atoms with van der Waals surface area (Å²) in [6.45, 7) is 2.30. The zero-order chi connectivity index (χ0) is 27.4. The maximum Gasteiger partial charge on any atom is 0.295 e. The third-order valence-electron chi connectivity index (χ3n) is 6.25. The smallest absolute Gasteiger partial charge is 0.295 e. The molecule has 0 bridgehead atoms. The van der Waals surface area contributed by atoms with E-state index in [-0.39, 0.29) is 22.7 Å². The van der Waals surface area contributed by atoms with E-state index < -0.39 is 23.5 Å². The lowest BCUT2D eigenvalue weighted by atomic mass is 9.95. The van der Waals surface area contributed by atoms with Crippen LogP contribution in [0.5, 0.6) is 23.0 Å². The van der Waals surface area contributed by atoms with Crippen LogP contribution in [0.15, 0.2) is 66.2 Å². The average Bonchev–Trinajstić information content (AvgIpc) is 3.18. The Morgan fingerprint density at radius 1 is 0.921 bits per heavy atom. The van der Waals surface area contributed by atoms with Crippen molar-refractivity contribution in [2.45, 2.75) is 19.5 Å². The van der Waals surface area contributed by atoms with Crippen molar-refractivity contribution in [3.05, 3.63) is 87.9 Å². The summed E-state index contributed by atoms with van der Waals surface area (Å²) in [7, 11) is 4.58. The van der Waals surface area contributed by atoms with Gasteiger partial charge < -0.3 is 29.0 Å². The molecule has 9 heteroatoms. The number of amides is 1. The van der Waals surface area contributed by atoms with Crippen LogP contribution in [-0.4, -0.2) is 49.6 Å². The Bertz CT molecular complexity index is 1400. The minimum absolute atomic E-state index is 0.0658. The van der Waals surface area contributed by atoms with Gasteiger partial charge in [-0.1, -0.05) is 29.8 Å². The van der Waals surface area contributed by atoms with E-state index in [2.05, 4.69) is 0 Å². The molecule has 1 aliphatic rings. The van der Waals surface area contributed by atoms with Crippen molar-refractivity contribution in [1.82, 2.24) is 4.90 Å². The van der Waals surface area contributed by atoms with Crippen LogP contribution in [-0.2, 0) is 16.1 Å². The minimum Gasteiger partial charge on any atom is -0.507 e. The molecule has 1 heterocycles. The number of hydrogen-bond donors (Lipinski definition) is 1. The van der Waals surface area contributed by atoms with Crippen LogP contribution >= 0.6 is 11.6 Å². The molecular weight excluding hydrogens is 510 g/mol. The van der Waals surface area contributed by atoms with Gasteiger partial charge in [-0.2, -0.15) is 0 Å². The van der Waals surface area contributed by atoms with Crippen LogP contribution in [0.25, 0.3) is 5.76 Å². The first-order valence-corrected chi connectivity index (χ1v) is 12.3. The van der Waals surface area contributed by atoms with E-state index in [1.807, 2.05) is 6.92 Å². The fourth-order valence-corrected chi connectivity index (χ4v) is 4.67. The average molecular weight is 538 g/mol. The molecule has 0 saturated carbocycles. The quantitative estimate of drug-likeness (QED) is 0.222. The van der Waals surface area contributed by atoms with Crippen LogP contribution in [0.1, 0.15) is 29.7 Å². The van der Waals surface area contributed by atoms with Gasteiger partial charge in [0.05, 0.1) is 44.6 Å². The van der Waals surface area contributed by atoms with Gasteiger partial charge in [0.15, 0.2) is 11.5 Å². The van der Waals surface area contributed by atoms with E-state index in [1.54, 1.807) is 60.7 Å². The number of Topliss-reactive ketones (excluding diaryl/α,β-unsaturated/α-hetero) is 1. The van der Waals surface area contributed by atoms with Gasteiger partial charge in [-0.05, 0) is 60.5 Å². The van der Waals surface area contributed by atoms with Gasteiger partial charge >= 0.3 is 0 Å². The third-order valence-corrected chi connectivity index (χ3v) is 6.58. The fraction of sp³-hybridized carbons (Fsp3) is 0.241. The number of aliphatic hydroxyl groups is 1. The highest BCUT2D eigenvalue weighted by Crippen LogP contribution is 2.43. The number of aliphatic hydroxyl groups excluding tert-OH is 1. The summed E-state index contributed by atoms with van der Waals surface area (Å²) >= 11 is 6.42. The van der Waals surface area contributed by atoms with Crippen molar-refractivity contribution < 1.29 is 33.6 Å². The van der Waals surface area contributed by atoms with Crippen molar-refractivity contribution >= 4 is 29.1 Å². The molecule has 0 spiro atoms. The fourth-order valence-electron chi connectivity index (χ4n) is 4.46. The van der Waals surface area contributed by atoms with Crippen molar-refractivity contribution in [1.29, 1.82) is 0 Å². The molecule has 3 aromatic rings. The molecule has 0 aliphatic carbocycles. The van der Waals surface area contributed by atoms with Crippen LogP contribution in [0.2, 0.25) is 5.02 Å². The van der Waals surface area contributed by atoms with Crippen molar-refractivity contribution in [3.8, 4) is 23.0 Å². The number of likely N-dealkylation sites (tertiary alicyclic amines) is 1. The number of ether oxygens (including phenoxy) is 4. The van der Waals surface area contributed by atoms with Gasteiger partial charge in [0, 0.05) is 12.1 Å². The number of benzene rings is 3. The summed E-state index contributed by atoms with van der Waals surface area (Å²) in [5, 5.41) is 11.7. The molecule has 1 fully saturated rings. The Balaban J connectivity index is 1.88. The minimum atomic E-state index is -0.912. The molecule has 1 atom stereocenters. The highest BCUT2D eigenvalue weighted by Gasteiger charge is 2.46. The lowest BCUT2D eigenvalue weighted by Gasteiger charge is -2.26. The number of ketones is 1. The standard InChI is InChI=1S/C29H28ClNO7/c1-5-38-20-10-11-22(30)21(15-20)27(32)25-26(18-7-6-8-19(14-18)35-2)31(29(34)28(25)33)16-17-9-12-23(36-3)24(13-17)37-4/h6-15,26,32H,5,16H2,1-4H3/b27-25+. The number of hydrogen-bond acceptors (Lipinski definition) is 7. The molecule has 38 heavy (non-hydrogen) atoms. The summed E-state index contributed by atoms with van der Waals surface area (Å²) in [4.78, 5) is 28.3. The summed E-state index contributed by atoms with van der Waals surface area (Å²) < 4.78 is 21.7. The Hall–Kier alpha value is -4.17. The first-order chi connectivity index (χ1) is 18.3. The van der Waals surface area contributed by atoms with Gasteiger partial charge in [-0.25, -0.2) is 0 Å². The van der Waals surface area contributed by atoms with Gasteiger partial charge in [0.2, 0.25) is 0 Å². The van der Waals surface area contributed by atoms with E-state index in [9.17, 15) is 14.7 Å². The molecule has 1 unspecified atom stereocenters. The summed E-state index contributed by atoms with van der Waals surface area (Å²) in [5.74, 6) is 0.0504. The lowest BCUT2D eigenvalue weighted by molar-refractivity contribution is -0.140. The maximum absolute atomic E-state index is 13.4. The summed E-state index contributed by atoms with van der Waals surface area (Å²) in [5.41, 5.74) is 1.39. The predicted octanol–water partition coefficient (Wildman–Crippen LogP) is 5.39. The number of halogens is 1. The van der Waals surface area contributed by atoms with Gasteiger partial charge in [-0.3, -0.25) is 9.59 Å². The lowest BCUT2D eigenvalue weighted by Crippen LogP contribution is -2.29. The molecule has 3 aromatic carbocycles. The molecule has 4 rings (SSSR count). The van der Waals surface area contributed by atoms with E-state index >= 15 is 0 Å². The van der Waals surface area contributed by atoms with Gasteiger partial charge in [-0.15, -0.1) is 0 Å². The molecule has 8 nitrogen and oxygen atoms in total. The second kappa shape index (κ2) is 11.5. The van der Waals surface area contributed by atoms with Crippen molar-refractivity contribution in [3.63, 3.8) is 0 Å². The van der Waals surface area contributed by atoms with Gasteiger partial charge in [0.1, 0.15) is 17.3 Å². The normalized spacial score (nSPS) is 16.4. The van der Waals surface area contributed by atoms with Crippen LogP contribution in [0.3, 0.4) is 0 Å². The van der Waals surface area contributed by atoms with E-state index in [0.29, 0.717) is 40.7 Å². The van der Waals surface area contributed by atoms with E-state index in [4.69, 9.17) is 30.5 Å². The number of rotatable bonds is 9. The zero-order valence-electron chi connectivity index (χ0n) is 21.5. The third kappa shape index (κ3) is 5.13. The largest absolute Gasteiger partial charge is 0.507 e. The zero-order valence-corrected chi connectivity index (χ0v) is 22.2. The van der Waals surface area contributed by atoms with Crippen LogP contribution in [0.4, 0.5) is 0 Å². The van der Waals surface area contributed by atoms with E-state index in [0.717, 1.165) is 0 Å². The second-order valence-electron chi connectivity index (χ2n) is 8.47. The SMILES string of the molecule is CCOc1ccc(Cl)c(/C(O)=C2\C(=O)C(=O)N(Cc3ccc(OC)c(OC)c3)C2c2cccc(OC)c2)c1. The number of carbonyl (C=O) groups excluding carboxylic acids is 2. The Morgan fingerprint density at radius 2 is 1.68 bits per heavy atom. The van der Waals surface area contributed by atoms with Crippen LogP contribution < -0.4 is 18.9 Å². The molecule has 0 aromatic heterocycles. The van der Waals surface area contributed by atoms with Crippen molar-refractivity contribution in [2.24, 2.45) is 0 Å². The molecule has 1 N–H and O–H groups in total. The molecule has 1 aliphatic heterocycles. The first kappa shape index (κ1) is 26.9. The maximum atomic E-state index is 13.4. The monoisotopic (exact) mass is 537 g/mol.